The molecule has 0 aliphatic carbocycles. The maximum absolute atomic E-state index is 11.2. The lowest BCUT2D eigenvalue weighted by atomic mass is 9.89. The second kappa shape index (κ2) is 11.1. The van der Waals surface area contributed by atoms with E-state index in [4.69, 9.17) is 4.74 Å². The molecular weight excluding hydrogens is 264 g/mol. The van der Waals surface area contributed by atoms with Gasteiger partial charge in [0.1, 0.15) is 6.10 Å². The number of carbonyl (C=O) groups is 1. The van der Waals surface area contributed by atoms with Crippen LogP contribution >= 0.6 is 0 Å². The topological polar surface area (TPSA) is 46.5 Å². The Bertz CT molecular complexity index is 278. The average molecular weight is 298 g/mol. The van der Waals surface area contributed by atoms with Crippen LogP contribution < -0.4 is 0 Å². The highest BCUT2D eigenvalue weighted by molar-refractivity contribution is 5.78. The van der Waals surface area contributed by atoms with Crippen molar-refractivity contribution < 1.29 is 14.6 Å². The monoisotopic (exact) mass is 298 g/mol. The van der Waals surface area contributed by atoms with Crippen LogP contribution in [0.5, 0.6) is 0 Å². The maximum atomic E-state index is 11.2. The van der Waals surface area contributed by atoms with E-state index in [9.17, 15) is 9.90 Å². The van der Waals surface area contributed by atoms with Gasteiger partial charge in [0.25, 0.3) is 0 Å². The zero-order chi connectivity index (χ0) is 15.5. The molecule has 3 heteroatoms. The largest absolute Gasteiger partial charge is 0.461 e. The van der Waals surface area contributed by atoms with Crippen LogP contribution in [0.3, 0.4) is 0 Å². The van der Waals surface area contributed by atoms with Crippen molar-refractivity contribution in [3.63, 3.8) is 0 Å². The van der Waals surface area contributed by atoms with Crippen molar-refractivity contribution in [1.29, 1.82) is 0 Å². The number of esters is 1. The van der Waals surface area contributed by atoms with E-state index < -0.39 is 0 Å². The van der Waals surface area contributed by atoms with Gasteiger partial charge in [-0.15, -0.1) is 0 Å². The van der Waals surface area contributed by atoms with Crippen LogP contribution in [0.25, 0.3) is 0 Å². The summed E-state index contributed by atoms with van der Waals surface area (Å²) in [5, 5.41) is 9.99. The summed E-state index contributed by atoms with van der Waals surface area (Å²) >= 11 is 0. The Kier molecular flexibility index (Phi) is 9.73. The molecule has 1 fully saturated rings. The van der Waals surface area contributed by atoms with E-state index in [1.807, 2.05) is 6.92 Å². The molecule has 3 nitrogen and oxygen atoms in total. The second-order valence-electron chi connectivity index (χ2n) is 6.50. The Morgan fingerprint density at radius 2 is 1.57 bits per heavy atom. The highest BCUT2D eigenvalue weighted by Gasteiger charge is 2.41. The molecular formula is C18H34O3. The zero-order valence-electron chi connectivity index (χ0n) is 14.0. The van der Waals surface area contributed by atoms with Gasteiger partial charge in [-0.25, -0.2) is 0 Å². The van der Waals surface area contributed by atoms with Gasteiger partial charge >= 0.3 is 5.97 Å². The summed E-state index contributed by atoms with van der Waals surface area (Å²) < 4.78 is 5.11. The van der Waals surface area contributed by atoms with Crippen molar-refractivity contribution in [3.05, 3.63) is 0 Å². The van der Waals surface area contributed by atoms with E-state index in [1.165, 1.54) is 51.4 Å². The molecule has 124 valence electrons. The van der Waals surface area contributed by atoms with Gasteiger partial charge in [-0.1, -0.05) is 71.6 Å². The van der Waals surface area contributed by atoms with E-state index in [0.717, 1.165) is 19.3 Å². The Morgan fingerprint density at radius 3 is 2.10 bits per heavy atom. The van der Waals surface area contributed by atoms with Gasteiger partial charge in [0.2, 0.25) is 0 Å². The summed E-state index contributed by atoms with van der Waals surface area (Å²) in [5.41, 5.74) is 0. The number of hydrogen-bond acceptors (Lipinski definition) is 3. The van der Waals surface area contributed by atoms with Crippen molar-refractivity contribution in [2.24, 2.45) is 5.92 Å². The number of carbonyl (C=O) groups excluding carboxylic acids is 1. The molecule has 1 saturated heterocycles. The molecule has 1 heterocycles. The Hall–Kier alpha value is -0.570. The minimum atomic E-state index is -0.304. The number of ether oxygens (including phenoxy) is 1. The van der Waals surface area contributed by atoms with Crippen LogP contribution in [0.2, 0.25) is 0 Å². The van der Waals surface area contributed by atoms with Gasteiger partial charge in [0.05, 0.1) is 12.0 Å². The third kappa shape index (κ3) is 7.30. The molecule has 1 aliphatic rings. The van der Waals surface area contributed by atoms with Crippen LogP contribution in [0.15, 0.2) is 0 Å². The van der Waals surface area contributed by atoms with Crippen LogP contribution in [0.1, 0.15) is 90.9 Å². The average Bonchev–Trinajstić information content (AvgIpc) is 2.45. The van der Waals surface area contributed by atoms with Crippen LogP contribution in [-0.2, 0) is 9.53 Å². The summed E-state index contributed by atoms with van der Waals surface area (Å²) in [6.07, 6.45) is 13.7. The van der Waals surface area contributed by atoms with Crippen molar-refractivity contribution in [3.8, 4) is 0 Å². The number of cyclic esters (lactones) is 1. The molecule has 0 saturated carbocycles. The highest BCUT2D eigenvalue weighted by atomic mass is 16.6. The predicted octanol–water partition coefficient (Wildman–Crippen LogP) is 4.61. The normalized spacial score (nSPS) is 22.7. The van der Waals surface area contributed by atoms with E-state index in [0.29, 0.717) is 6.42 Å². The number of hydrogen-bond donors (Lipinski definition) is 1. The molecule has 0 aromatic rings. The molecule has 0 radical (unpaired) electrons. The molecule has 0 bridgehead atoms. The van der Waals surface area contributed by atoms with Gasteiger partial charge in [0, 0.05) is 6.42 Å². The molecule has 0 spiro atoms. The number of aliphatic hydroxyl groups is 1. The third-order valence-electron chi connectivity index (χ3n) is 4.60. The smallest absolute Gasteiger partial charge is 0.313 e. The fourth-order valence-corrected chi connectivity index (χ4v) is 3.12. The maximum Gasteiger partial charge on any atom is 0.313 e. The Labute approximate surface area is 130 Å². The minimum Gasteiger partial charge on any atom is -0.461 e. The summed E-state index contributed by atoms with van der Waals surface area (Å²) in [7, 11) is 0. The molecule has 1 unspecified atom stereocenters. The van der Waals surface area contributed by atoms with Crippen molar-refractivity contribution in [2.45, 2.75) is 103 Å². The van der Waals surface area contributed by atoms with E-state index >= 15 is 0 Å². The molecule has 0 aromatic heterocycles. The first-order valence-corrected chi connectivity index (χ1v) is 9.07. The van der Waals surface area contributed by atoms with Crippen molar-refractivity contribution >= 4 is 5.97 Å². The standard InChI is InChI=1S/C18H34O3/c1-3-5-6-7-8-9-10-11-12-13-15(19)14-17-16(4-2)18(20)21-17/h15-17,19H,3-14H2,1-2H3/t15?,16-,17-/m0/s1. The van der Waals surface area contributed by atoms with Crippen molar-refractivity contribution in [1.82, 2.24) is 0 Å². The number of unbranched alkanes of at least 4 members (excludes halogenated alkanes) is 8. The Balaban J connectivity index is 1.90. The molecule has 1 rings (SSSR count). The zero-order valence-corrected chi connectivity index (χ0v) is 14.0. The summed E-state index contributed by atoms with van der Waals surface area (Å²) in [5.74, 6) is -0.0551. The van der Waals surface area contributed by atoms with Gasteiger partial charge in [-0.2, -0.15) is 0 Å². The van der Waals surface area contributed by atoms with Crippen molar-refractivity contribution in [2.75, 3.05) is 0 Å². The van der Waals surface area contributed by atoms with Crippen LogP contribution in [-0.4, -0.2) is 23.3 Å². The van der Waals surface area contributed by atoms with Gasteiger partial charge in [0.15, 0.2) is 0 Å². The molecule has 1 aliphatic heterocycles. The fraction of sp³-hybridized carbons (Fsp3) is 0.944. The van der Waals surface area contributed by atoms with E-state index in [2.05, 4.69) is 6.92 Å². The molecule has 0 aromatic carbocycles. The molecule has 3 atom stereocenters. The quantitative estimate of drug-likeness (QED) is 0.399. The second-order valence-corrected chi connectivity index (χ2v) is 6.50. The predicted molar refractivity (Wildman–Crippen MR) is 86.1 cm³/mol. The molecule has 1 N–H and O–H groups in total. The third-order valence-corrected chi connectivity index (χ3v) is 4.60. The van der Waals surface area contributed by atoms with Gasteiger partial charge < -0.3 is 9.84 Å². The summed E-state index contributed by atoms with van der Waals surface area (Å²) in [4.78, 5) is 11.2. The lowest BCUT2D eigenvalue weighted by molar-refractivity contribution is -0.188. The van der Waals surface area contributed by atoms with Gasteiger partial charge in [-0.3, -0.25) is 4.79 Å². The molecule has 0 amide bonds. The lowest BCUT2D eigenvalue weighted by Gasteiger charge is -2.35. The summed E-state index contributed by atoms with van der Waals surface area (Å²) in [6, 6.07) is 0. The van der Waals surface area contributed by atoms with Gasteiger partial charge in [-0.05, 0) is 12.8 Å². The summed E-state index contributed by atoms with van der Waals surface area (Å²) in [6.45, 7) is 4.25. The van der Waals surface area contributed by atoms with E-state index in [1.54, 1.807) is 0 Å². The first-order valence-electron chi connectivity index (χ1n) is 9.07. The minimum absolute atomic E-state index is 0.0303. The Morgan fingerprint density at radius 1 is 1.00 bits per heavy atom. The number of aliphatic hydroxyl groups excluding tert-OH is 1. The van der Waals surface area contributed by atoms with Crippen LogP contribution in [0, 0.1) is 5.92 Å². The first-order chi connectivity index (χ1) is 10.2. The fourth-order valence-electron chi connectivity index (χ4n) is 3.12. The lowest BCUT2D eigenvalue weighted by Crippen LogP contribution is -2.46. The molecule has 21 heavy (non-hydrogen) atoms. The highest BCUT2D eigenvalue weighted by Crippen LogP contribution is 2.29. The van der Waals surface area contributed by atoms with E-state index in [-0.39, 0.29) is 24.1 Å². The van der Waals surface area contributed by atoms with Crippen LogP contribution in [0.4, 0.5) is 0 Å². The first kappa shape index (κ1) is 18.5. The number of rotatable bonds is 13. The SMILES string of the molecule is CCCCCCCCCCCC(O)C[C@@H]1OC(=O)[C@H]1CC.